The Morgan fingerprint density at radius 1 is 1.35 bits per heavy atom. The summed E-state index contributed by atoms with van der Waals surface area (Å²) in [7, 11) is -3.57. The van der Waals surface area contributed by atoms with Crippen LogP contribution >= 0.6 is 0 Å². The van der Waals surface area contributed by atoms with E-state index in [4.69, 9.17) is 5.73 Å². The van der Waals surface area contributed by atoms with Gasteiger partial charge in [-0.2, -0.15) is 0 Å². The van der Waals surface area contributed by atoms with E-state index >= 15 is 0 Å². The maximum Gasteiger partial charge on any atom is 0.259 e. The number of amides is 1. The summed E-state index contributed by atoms with van der Waals surface area (Å²) in [4.78, 5) is 19.3. The standard InChI is InChI=1S/C9H12N4O3S/c1-9(2)8(14)13(17(9,15)16)5-6-3-12-7(10)4-11-6/h3-4H,5H2,1-2H3,(H2,10,12). The molecule has 1 aromatic rings. The highest BCUT2D eigenvalue weighted by Gasteiger charge is 2.60. The predicted molar refractivity (Wildman–Crippen MR) is 60.0 cm³/mol. The summed E-state index contributed by atoms with van der Waals surface area (Å²) in [5.74, 6) is -0.192. The lowest BCUT2D eigenvalue weighted by atomic mass is 10.2. The van der Waals surface area contributed by atoms with Gasteiger partial charge in [-0.15, -0.1) is 0 Å². The van der Waals surface area contributed by atoms with Gasteiger partial charge >= 0.3 is 0 Å². The Labute approximate surface area is 98.7 Å². The van der Waals surface area contributed by atoms with Crippen LogP contribution in [0.1, 0.15) is 19.5 Å². The number of nitrogens with zero attached hydrogens (tertiary/aromatic N) is 3. The minimum atomic E-state index is -3.57. The molecule has 1 fully saturated rings. The summed E-state index contributed by atoms with van der Waals surface area (Å²) in [5.41, 5.74) is 5.74. The molecule has 0 saturated carbocycles. The third-order valence-corrected chi connectivity index (χ3v) is 5.05. The lowest BCUT2D eigenvalue weighted by Gasteiger charge is -2.42. The van der Waals surface area contributed by atoms with E-state index in [1.807, 2.05) is 0 Å². The van der Waals surface area contributed by atoms with Crippen LogP contribution < -0.4 is 5.73 Å². The molecule has 0 aliphatic carbocycles. The van der Waals surface area contributed by atoms with Gasteiger partial charge in [-0.3, -0.25) is 9.78 Å². The molecule has 1 aliphatic heterocycles. The van der Waals surface area contributed by atoms with Crippen LogP contribution in [-0.4, -0.2) is 33.3 Å². The molecule has 0 atom stereocenters. The highest BCUT2D eigenvalue weighted by Crippen LogP contribution is 2.35. The second-order valence-electron chi connectivity index (χ2n) is 4.26. The molecular weight excluding hydrogens is 244 g/mol. The summed E-state index contributed by atoms with van der Waals surface area (Å²) in [6.07, 6.45) is 2.67. The number of rotatable bonds is 2. The van der Waals surface area contributed by atoms with Crippen molar-refractivity contribution < 1.29 is 13.2 Å². The molecular formula is C9H12N4O3S. The van der Waals surface area contributed by atoms with Crippen LogP contribution in [0.15, 0.2) is 12.4 Å². The van der Waals surface area contributed by atoms with E-state index < -0.39 is 20.7 Å². The van der Waals surface area contributed by atoms with Crippen molar-refractivity contribution >= 4 is 21.7 Å². The van der Waals surface area contributed by atoms with Crippen LogP contribution in [0.25, 0.3) is 0 Å². The minimum absolute atomic E-state index is 0.0993. The minimum Gasteiger partial charge on any atom is -0.382 e. The number of aromatic nitrogens is 2. The predicted octanol–water partition coefficient (Wildman–Crippen LogP) is -0.491. The van der Waals surface area contributed by atoms with Gasteiger partial charge < -0.3 is 5.73 Å². The maximum atomic E-state index is 11.8. The van der Waals surface area contributed by atoms with E-state index in [9.17, 15) is 13.2 Å². The lowest BCUT2D eigenvalue weighted by Crippen LogP contribution is -2.66. The molecule has 17 heavy (non-hydrogen) atoms. The molecule has 0 unspecified atom stereocenters. The molecule has 8 heteroatoms. The number of carbonyl (C=O) groups is 1. The number of hydrogen-bond donors (Lipinski definition) is 1. The largest absolute Gasteiger partial charge is 0.382 e. The fourth-order valence-electron chi connectivity index (χ4n) is 1.51. The zero-order valence-electron chi connectivity index (χ0n) is 9.41. The number of carbonyl (C=O) groups excluding carboxylic acids is 1. The zero-order valence-corrected chi connectivity index (χ0v) is 10.2. The van der Waals surface area contributed by atoms with E-state index in [-0.39, 0.29) is 12.4 Å². The van der Waals surface area contributed by atoms with Gasteiger partial charge in [0.1, 0.15) is 5.82 Å². The molecule has 0 spiro atoms. The van der Waals surface area contributed by atoms with Gasteiger partial charge in [-0.1, -0.05) is 0 Å². The van der Waals surface area contributed by atoms with Crippen molar-refractivity contribution in [2.75, 3.05) is 5.73 Å². The van der Waals surface area contributed by atoms with Crippen LogP contribution in [0.2, 0.25) is 0 Å². The fraction of sp³-hybridized carbons (Fsp3) is 0.444. The Morgan fingerprint density at radius 2 is 2.00 bits per heavy atom. The van der Waals surface area contributed by atoms with Gasteiger partial charge in [0, 0.05) is 0 Å². The molecule has 2 heterocycles. The van der Waals surface area contributed by atoms with Crippen molar-refractivity contribution in [1.29, 1.82) is 0 Å². The molecule has 92 valence electrons. The monoisotopic (exact) mass is 256 g/mol. The van der Waals surface area contributed by atoms with Crippen molar-refractivity contribution in [3.8, 4) is 0 Å². The van der Waals surface area contributed by atoms with Crippen LogP contribution in [0.3, 0.4) is 0 Å². The molecule has 1 saturated heterocycles. The van der Waals surface area contributed by atoms with Crippen LogP contribution in [0, 0.1) is 0 Å². The zero-order chi connectivity index (χ0) is 12.8. The second kappa shape index (κ2) is 3.39. The molecule has 0 bridgehead atoms. The topological polar surface area (TPSA) is 106 Å². The van der Waals surface area contributed by atoms with Gasteiger partial charge in [0.25, 0.3) is 15.9 Å². The van der Waals surface area contributed by atoms with Gasteiger partial charge in [0.2, 0.25) is 0 Å². The van der Waals surface area contributed by atoms with E-state index in [0.29, 0.717) is 5.69 Å². The normalized spacial score (nSPS) is 21.1. The number of anilines is 1. The average Bonchev–Trinajstić information content (AvgIpc) is 2.27. The molecule has 1 aliphatic rings. The first-order chi connectivity index (χ1) is 7.76. The molecule has 1 aromatic heterocycles. The molecule has 2 N–H and O–H groups in total. The maximum absolute atomic E-state index is 11.8. The van der Waals surface area contributed by atoms with E-state index in [0.717, 1.165) is 4.31 Å². The Kier molecular flexibility index (Phi) is 2.35. The van der Waals surface area contributed by atoms with Gasteiger partial charge in [-0.05, 0) is 13.8 Å². The third kappa shape index (κ3) is 1.55. The van der Waals surface area contributed by atoms with E-state index in [1.165, 1.54) is 26.2 Å². The van der Waals surface area contributed by atoms with Crippen molar-refractivity contribution in [1.82, 2.24) is 14.3 Å². The number of sulfonamides is 1. The molecule has 0 aromatic carbocycles. The van der Waals surface area contributed by atoms with Gasteiger partial charge in [0.15, 0.2) is 4.75 Å². The Morgan fingerprint density at radius 3 is 2.47 bits per heavy atom. The SMILES string of the molecule is CC1(C)C(=O)N(Cc2cnc(N)cn2)S1(=O)=O. The summed E-state index contributed by atoms with van der Waals surface area (Å²) in [6.45, 7) is 2.67. The molecule has 2 rings (SSSR count). The van der Waals surface area contributed by atoms with Crippen LogP contribution in [0.5, 0.6) is 0 Å². The van der Waals surface area contributed by atoms with Crippen molar-refractivity contribution in [2.45, 2.75) is 25.1 Å². The average molecular weight is 256 g/mol. The summed E-state index contributed by atoms with van der Waals surface area (Å²) in [5, 5.41) is 0. The highest BCUT2D eigenvalue weighted by molar-refractivity contribution is 7.94. The molecule has 1 amide bonds. The van der Waals surface area contributed by atoms with Crippen molar-refractivity contribution in [3.63, 3.8) is 0 Å². The lowest BCUT2D eigenvalue weighted by molar-refractivity contribution is -0.132. The second-order valence-corrected chi connectivity index (χ2v) is 6.67. The van der Waals surface area contributed by atoms with Crippen LogP contribution in [0.4, 0.5) is 5.82 Å². The fourth-order valence-corrected chi connectivity index (χ4v) is 3.01. The summed E-state index contributed by atoms with van der Waals surface area (Å²) in [6, 6.07) is 0. The van der Waals surface area contributed by atoms with Crippen molar-refractivity contribution in [2.24, 2.45) is 0 Å². The van der Waals surface area contributed by atoms with Crippen LogP contribution in [-0.2, 0) is 21.4 Å². The Hall–Kier alpha value is -1.70. The summed E-state index contributed by atoms with van der Waals surface area (Å²) < 4.78 is 23.0. The first kappa shape index (κ1) is 11.8. The first-order valence-corrected chi connectivity index (χ1v) is 6.34. The summed E-state index contributed by atoms with van der Waals surface area (Å²) >= 11 is 0. The Bertz CT molecular complexity index is 564. The smallest absolute Gasteiger partial charge is 0.259 e. The number of nitrogen functional groups attached to an aromatic ring is 1. The highest BCUT2D eigenvalue weighted by atomic mass is 32.2. The Balaban J connectivity index is 2.22. The van der Waals surface area contributed by atoms with E-state index in [2.05, 4.69) is 9.97 Å². The van der Waals surface area contributed by atoms with Crippen molar-refractivity contribution in [3.05, 3.63) is 18.1 Å². The quantitative estimate of drug-likeness (QED) is 0.765. The van der Waals surface area contributed by atoms with Gasteiger partial charge in [-0.25, -0.2) is 17.7 Å². The molecule has 7 nitrogen and oxygen atoms in total. The van der Waals surface area contributed by atoms with E-state index in [1.54, 1.807) is 0 Å². The molecule has 0 radical (unpaired) electrons. The van der Waals surface area contributed by atoms with Gasteiger partial charge in [0.05, 0.1) is 24.6 Å². The first-order valence-electron chi connectivity index (χ1n) is 4.90. The number of hydrogen-bond acceptors (Lipinski definition) is 6. The number of nitrogens with two attached hydrogens (primary N) is 1. The third-order valence-electron chi connectivity index (χ3n) is 2.71.